The van der Waals surface area contributed by atoms with Gasteiger partial charge in [0.25, 0.3) is 5.91 Å². The van der Waals surface area contributed by atoms with E-state index in [0.717, 1.165) is 16.9 Å². The second-order valence-corrected chi connectivity index (χ2v) is 6.45. The van der Waals surface area contributed by atoms with Gasteiger partial charge in [0, 0.05) is 14.1 Å². The van der Waals surface area contributed by atoms with Crippen LogP contribution in [0.15, 0.2) is 54.2 Å². The Morgan fingerprint density at radius 3 is 2.40 bits per heavy atom. The van der Waals surface area contributed by atoms with E-state index in [4.69, 9.17) is 17.0 Å². The van der Waals surface area contributed by atoms with Crippen molar-refractivity contribution >= 4 is 29.3 Å². The zero-order valence-electron chi connectivity index (χ0n) is 14.5. The molecule has 1 saturated heterocycles. The van der Waals surface area contributed by atoms with Gasteiger partial charge in [0.05, 0.1) is 0 Å². The van der Waals surface area contributed by atoms with Crippen LogP contribution in [0.25, 0.3) is 6.08 Å². The lowest BCUT2D eigenvalue weighted by Crippen LogP contribution is -2.26. The normalized spacial score (nSPS) is 16.0. The van der Waals surface area contributed by atoms with Gasteiger partial charge in [-0.15, -0.1) is 0 Å². The molecule has 0 bridgehead atoms. The third kappa shape index (κ3) is 3.72. The Labute approximate surface area is 153 Å². The third-order valence-corrected chi connectivity index (χ3v) is 4.68. The Morgan fingerprint density at radius 2 is 1.80 bits per heavy atom. The van der Waals surface area contributed by atoms with Crippen molar-refractivity contribution < 1.29 is 9.53 Å². The molecular formula is C20H20N2O2S. The van der Waals surface area contributed by atoms with Crippen LogP contribution in [0.3, 0.4) is 0 Å². The molecule has 0 saturated carbocycles. The first-order valence-electron chi connectivity index (χ1n) is 8.01. The highest BCUT2D eigenvalue weighted by molar-refractivity contribution is 7.80. The van der Waals surface area contributed by atoms with E-state index in [2.05, 4.69) is 19.1 Å². The summed E-state index contributed by atoms with van der Waals surface area (Å²) in [6.45, 7) is 2.60. The highest BCUT2D eigenvalue weighted by Gasteiger charge is 2.32. The van der Waals surface area contributed by atoms with Crippen LogP contribution in [0.2, 0.25) is 0 Å². The summed E-state index contributed by atoms with van der Waals surface area (Å²) in [5.74, 6) is 0.703. The zero-order chi connectivity index (χ0) is 18.0. The number of amides is 1. The molecule has 25 heavy (non-hydrogen) atoms. The molecule has 1 heterocycles. The number of aryl methyl sites for hydroxylation is 1. The number of hydrogen-bond acceptors (Lipinski definition) is 3. The van der Waals surface area contributed by atoms with Crippen LogP contribution >= 0.6 is 12.2 Å². The monoisotopic (exact) mass is 352 g/mol. The molecule has 1 aliphatic heterocycles. The van der Waals surface area contributed by atoms with Crippen molar-refractivity contribution in [1.29, 1.82) is 0 Å². The van der Waals surface area contributed by atoms with Crippen molar-refractivity contribution in [3.05, 3.63) is 70.9 Å². The van der Waals surface area contributed by atoms with Crippen molar-refractivity contribution in [2.75, 3.05) is 14.1 Å². The molecule has 0 aromatic heterocycles. The minimum absolute atomic E-state index is 0.0905. The van der Waals surface area contributed by atoms with Crippen LogP contribution in [0.4, 0.5) is 0 Å². The van der Waals surface area contributed by atoms with Gasteiger partial charge in [0.2, 0.25) is 0 Å². The summed E-state index contributed by atoms with van der Waals surface area (Å²) in [6.07, 6.45) is 1.84. The van der Waals surface area contributed by atoms with Gasteiger partial charge in [-0.1, -0.05) is 42.0 Å². The number of likely N-dealkylation sites (N-methyl/N-ethyl adjacent to an activating group) is 2. The molecule has 1 aliphatic rings. The molecule has 1 fully saturated rings. The fraction of sp³-hybridized carbons (Fsp3) is 0.200. The molecule has 2 aromatic rings. The lowest BCUT2D eigenvalue weighted by molar-refractivity contribution is -0.121. The second kappa shape index (κ2) is 7.07. The maximum atomic E-state index is 12.2. The Morgan fingerprint density at radius 1 is 1.08 bits per heavy atom. The summed E-state index contributed by atoms with van der Waals surface area (Å²) in [5, 5.41) is 0.509. The quantitative estimate of drug-likeness (QED) is 0.622. The summed E-state index contributed by atoms with van der Waals surface area (Å²) >= 11 is 5.22. The second-order valence-electron chi connectivity index (χ2n) is 6.08. The molecular weight excluding hydrogens is 332 g/mol. The predicted molar refractivity (Wildman–Crippen MR) is 103 cm³/mol. The van der Waals surface area contributed by atoms with Gasteiger partial charge in [-0.25, -0.2) is 0 Å². The molecule has 3 rings (SSSR count). The number of benzene rings is 2. The van der Waals surface area contributed by atoms with Crippen LogP contribution < -0.4 is 4.74 Å². The average Bonchev–Trinajstić information content (AvgIpc) is 2.79. The summed E-state index contributed by atoms with van der Waals surface area (Å²) in [6, 6.07) is 15.9. The van der Waals surface area contributed by atoms with Gasteiger partial charge < -0.3 is 9.64 Å². The smallest absolute Gasteiger partial charge is 0.276 e. The fourth-order valence-corrected chi connectivity index (χ4v) is 2.86. The molecule has 2 aromatic carbocycles. The zero-order valence-corrected chi connectivity index (χ0v) is 15.3. The minimum atomic E-state index is -0.0905. The molecule has 128 valence electrons. The maximum absolute atomic E-state index is 12.2. The van der Waals surface area contributed by atoms with E-state index >= 15 is 0 Å². The van der Waals surface area contributed by atoms with Crippen molar-refractivity contribution in [3.8, 4) is 5.75 Å². The van der Waals surface area contributed by atoms with Crippen LogP contribution in [0.5, 0.6) is 5.75 Å². The maximum Gasteiger partial charge on any atom is 0.276 e. The highest BCUT2D eigenvalue weighted by Crippen LogP contribution is 2.22. The van der Waals surface area contributed by atoms with Crippen molar-refractivity contribution in [1.82, 2.24) is 9.80 Å². The number of rotatable bonds is 4. The van der Waals surface area contributed by atoms with E-state index in [1.165, 1.54) is 10.5 Å². The van der Waals surface area contributed by atoms with E-state index in [1.807, 2.05) is 42.5 Å². The molecule has 5 heteroatoms. The van der Waals surface area contributed by atoms with Gasteiger partial charge in [-0.2, -0.15) is 0 Å². The van der Waals surface area contributed by atoms with Crippen LogP contribution in [0.1, 0.15) is 16.7 Å². The lowest BCUT2D eigenvalue weighted by Gasteiger charge is -2.11. The lowest BCUT2D eigenvalue weighted by atomic mass is 10.1. The number of thiocarbonyl (C=S) groups is 1. The number of carbonyl (C=O) groups is 1. The highest BCUT2D eigenvalue weighted by atomic mass is 32.1. The van der Waals surface area contributed by atoms with E-state index in [9.17, 15) is 4.79 Å². The summed E-state index contributed by atoms with van der Waals surface area (Å²) in [4.78, 5) is 15.4. The molecule has 4 nitrogen and oxygen atoms in total. The van der Waals surface area contributed by atoms with Gasteiger partial charge in [0.1, 0.15) is 18.1 Å². The van der Waals surface area contributed by atoms with E-state index < -0.39 is 0 Å². The standard InChI is InChI=1S/C20H20N2O2S/c1-14-5-4-6-16(11-14)13-24-17-9-7-15(8-10-17)12-18-19(23)22(3)20(25)21(18)2/h4-12H,13H2,1-3H3/b18-12-. The Bertz CT molecular complexity index is 843. The average molecular weight is 352 g/mol. The first-order valence-corrected chi connectivity index (χ1v) is 8.42. The number of carbonyl (C=O) groups excluding carboxylic acids is 1. The van der Waals surface area contributed by atoms with Gasteiger partial charge in [0.15, 0.2) is 5.11 Å². The van der Waals surface area contributed by atoms with Gasteiger partial charge in [-0.05, 0) is 48.5 Å². The van der Waals surface area contributed by atoms with Crippen LogP contribution in [-0.2, 0) is 11.4 Å². The predicted octanol–water partition coefficient (Wildman–Crippen LogP) is 3.60. The number of nitrogens with zero attached hydrogens (tertiary/aromatic N) is 2. The van der Waals surface area contributed by atoms with E-state index in [-0.39, 0.29) is 5.91 Å². The number of hydrogen-bond donors (Lipinski definition) is 0. The Hall–Kier alpha value is -2.66. The van der Waals surface area contributed by atoms with Crippen molar-refractivity contribution in [3.63, 3.8) is 0 Å². The minimum Gasteiger partial charge on any atom is -0.489 e. The van der Waals surface area contributed by atoms with E-state index in [0.29, 0.717) is 17.4 Å². The van der Waals surface area contributed by atoms with Crippen molar-refractivity contribution in [2.24, 2.45) is 0 Å². The Kier molecular flexibility index (Phi) is 4.86. The molecule has 0 atom stereocenters. The summed E-state index contributed by atoms with van der Waals surface area (Å²) in [5.41, 5.74) is 3.86. The summed E-state index contributed by atoms with van der Waals surface area (Å²) in [7, 11) is 3.49. The molecule has 0 unspecified atom stereocenters. The van der Waals surface area contributed by atoms with Crippen LogP contribution in [0, 0.1) is 6.92 Å². The topological polar surface area (TPSA) is 32.8 Å². The fourth-order valence-electron chi connectivity index (χ4n) is 2.68. The van der Waals surface area contributed by atoms with E-state index in [1.54, 1.807) is 19.0 Å². The first-order chi connectivity index (χ1) is 12.0. The number of ether oxygens (including phenoxy) is 1. The van der Waals surface area contributed by atoms with Crippen molar-refractivity contribution in [2.45, 2.75) is 13.5 Å². The third-order valence-electron chi connectivity index (χ3n) is 4.13. The Balaban J connectivity index is 1.69. The van der Waals surface area contributed by atoms with Gasteiger partial charge in [-0.3, -0.25) is 9.69 Å². The summed E-state index contributed by atoms with van der Waals surface area (Å²) < 4.78 is 5.82. The molecule has 0 spiro atoms. The molecule has 1 amide bonds. The SMILES string of the molecule is Cc1cccc(COc2ccc(/C=C3/C(=O)N(C)C(=S)N3C)cc2)c1. The molecule has 0 radical (unpaired) electrons. The molecule has 0 N–H and O–H groups in total. The van der Waals surface area contributed by atoms with Gasteiger partial charge >= 0.3 is 0 Å². The first kappa shape index (κ1) is 17.2. The van der Waals surface area contributed by atoms with Crippen LogP contribution in [-0.4, -0.2) is 34.9 Å². The largest absolute Gasteiger partial charge is 0.489 e. The molecule has 0 aliphatic carbocycles.